The smallest absolute Gasteiger partial charge is 0.306 e. The van der Waals surface area contributed by atoms with Crippen LogP contribution in [0.1, 0.15) is 348 Å². The van der Waals surface area contributed by atoms with E-state index in [2.05, 4.69) is 57.2 Å². The van der Waals surface area contributed by atoms with Crippen molar-refractivity contribution in [1.29, 1.82) is 0 Å². The van der Waals surface area contributed by atoms with Gasteiger partial charge in [-0.1, -0.05) is 288 Å². The fraction of sp³-hybridized carbons (Fsp3) is 0.864. The van der Waals surface area contributed by atoms with Crippen molar-refractivity contribution >= 4 is 17.9 Å². The van der Waals surface area contributed by atoms with Crippen LogP contribution in [0.2, 0.25) is 0 Å². The number of rotatable bonds is 59. The lowest BCUT2D eigenvalue weighted by molar-refractivity contribution is -0.167. The summed E-state index contributed by atoms with van der Waals surface area (Å²) < 4.78 is 16.9. The normalized spacial score (nSPS) is 12.2. The summed E-state index contributed by atoms with van der Waals surface area (Å²) in [5.74, 6) is -0.857. The predicted molar refractivity (Wildman–Crippen MR) is 312 cm³/mol. The van der Waals surface area contributed by atoms with Crippen LogP contribution in [0.25, 0.3) is 0 Å². The quantitative estimate of drug-likeness (QED) is 0.0261. The molecule has 6 heteroatoms. The Hall–Kier alpha value is -2.37. The van der Waals surface area contributed by atoms with Crippen LogP contribution >= 0.6 is 0 Å². The third kappa shape index (κ3) is 58.5. The Kier molecular flexibility index (Phi) is 59.2. The van der Waals surface area contributed by atoms with Gasteiger partial charge in [-0.2, -0.15) is 0 Å². The molecule has 0 bridgehead atoms. The second-order valence-electron chi connectivity index (χ2n) is 21.7. The first kappa shape index (κ1) is 69.6. The van der Waals surface area contributed by atoms with Gasteiger partial charge in [-0.3, -0.25) is 14.4 Å². The van der Waals surface area contributed by atoms with Crippen LogP contribution in [-0.4, -0.2) is 37.2 Å². The van der Waals surface area contributed by atoms with E-state index in [0.717, 1.165) is 70.6 Å². The Morgan fingerprint density at radius 3 is 0.806 bits per heavy atom. The number of hydrogen-bond donors (Lipinski definition) is 0. The zero-order chi connectivity index (χ0) is 52.2. The van der Waals surface area contributed by atoms with Crippen LogP contribution in [0, 0.1) is 0 Å². The Morgan fingerprint density at radius 2 is 0.500 bits per heavy atom. The van der Waals surface area contributed by atoms with Gasteiger partial charge in [-0.15, -0.1) is 0 Å². The summed E-state index contributed by atoms with van der Waals surface area (Å²) in [6, 6.07) is 0. The highest BCUT2D eigenvalue weighted by Crippen LogP contribution is 2.17. The third-order valence-corrected chi connectivity index (χ3v) is 14.4. The Morgan fingerprint density at radius 1 is 0.278 bits per heavy atom. The van der Waals surface area contributed by atoms with Crippen LogP contribution in [0.15, 0.2) is 36.5 Å². The van der Waals surface area contributed by atoms with Gasteiger partial charge >= 0.3 is 17.9 Å². The van der Waals surface area contributed by atoms with E-state index in [1.54, 1.807) is 0 Å². The maximum absolute atomic E-state index is 12.9. The predicted octanol–water partition coefficient (Wildman–Crippen LogP) is 21.6. The molecule has 0 saturated heterocycles. The van der Waals surface area contributed by atoms with Crippen molar-refractivity contribution in [2.45, 2.75) is 354 Å². The van der Waals surface area contributed by atoms with E-state index < -0.39 is 6.10 Å². The highest BCUT2D eigenvalue weighted by molar-refractivity contribution is 5.71. The van der Waals surface area contributed by atoms with E-state index in [-0.39, 0.29) is 31.1 Å². The highest BCUT2D eigenvalue weighted by Gasteiger charge is 2.19. The van der Waals surface area contributed by atoms with Crippen molar-refractivity contribution in [3.05, 3.63) is 36.5 Å². The number of carbonyl (C=O) groups excluding carboxylic acids is 3. The number of allylic oxidation sites excluding steroid dienone is 6. The Labute approximate surface area is 448 Å². The molecule has 72 heavy (non-hydrogen) atoms. The minimum absolute atomic E-state index is 0.0713. The maximum Gasteiger partial charge on any atom is 0.306 e. The van der Waals surface area contributed by atoms with E-state index in [0.29, 0.717) is 19.3 Å². The van der Waals surface area contributed by atoms with Gasteiger partial charge in [0.1, 0.15) is 13.2 Å². The molecule has 1 atom stereocenters. The minimum atomic E-state index is -0.774. The summed E-state index contributed by atoms with van der Waals surface area (Å²) in [6.45, 7) is 6.66. The molecule has 0 spiro atoms. The summed E-state index contributed by atoms with van der Waals surface area (Å²) in [5.41, 5.74) is 0. The van der Waals surface area contributed by atoms with Crippen LogP contribution in [0.5, 0.6) is 0 Å². The summed E-state index contributed by atoms with van der Waals surface area (Å²) >= 11 is 0. The van der Waals surface area contributed by atoms with Gasteiger partial charge in [0.15, 0.2) is 6.10 Å². The van der Waals surface area contributed by atoms with Crippen molar-refractivity contribution in [1.82, 2.24) is 0 Å². The van der Waals surface area contributed by atoms with Gasteiger partial charge in [-0.25, -0.2) is 0 Å². The average molecular weight is 1010 g/mol. The fourth-order valence-electron chi connectivity index (χ4n) is 9.53. The minimum Gasteiger partial charge on any atom is -0.462 e. The maximum atomic E-state index is 12.9. The third-order valence-electron chi connectivity index (χ3n) is 14.4. The number of carbonyl (C=O) groups is 3. The summed E-state index contributed by atoms with van der Waals surface area (Å²) in [5, 5.41) is 0. The fourth-order valence-corrected chi connectivity index (χ4v) is 9.53. The largest absolute Gasteiger partial charge is 0.462 e. The monoisotopic (exact) mass is 1010 g/mol. The molecule has 0 rings (SSSR count). The molecule has 0 aliphatic carbocycles. The molecule has 0 heterocycles. The molecular weight excluding hydrogens is 889 g/mol. The molecule has 0 amide bonds. The first-order valence-corrected chi connectivity index (χ1v) is 32.0. The standard InChI is InChI=1S/C66H122O6/c1-4-7-10-13-16-19-22-25-28-30-31-32-33-34-35-37-38-41-44-47-50-53-56-59-65(68)71-62-63(61-70-64(67)58-55-52-49-46-43-40-27-24-21-18-15-12-9-6-3)72-66(69)60-57-54-51-48-45-42-39-36-29-26-23-20-17-14-11-8-5-2/h17,20,26,29-31,63H,4-16,18-19,21-25,27-28,32-62H2,1-3H3/b20-17-,29-26-,31-30-. The van der Waals surface area contributed by atoms with E-state index in [9.17, 15) is 14.4 Å². The Balaban J connectivity index is 4.29. The molecule has 0 aromatic carbocycles. The molecule has 6 nitrogen and oxygen atoms in total. The van der Waals surface area contributed by atoms with Crippen LogP contribution < -0.4 is 0 Å². The molecular formula is C66H122O6. The SMILES string of the molecule is CCCCC/C=C\C/C=C\CCCCCCCCCC(=O)OC(COC(=O)CCCCCCCCCCCCC/C=C\CCCCCCCCCC)COC(=O)CCCCCCCCCCCCCCCC. The van der Waals surface area contributed by atoms with E-state index in [1.165, 1.54) is 238 Å². The van der Waals surface area contributed by atoms with Crippen molar-refractivity contribution < 1.29 is 28.6 Å². The van der Waals surface area contributed by atoms with Crippen molar-refractivity contribution in [3.63, 3.8) is 0 Å². The zero-order valence-corrected chi connectivity index (χ0v) is 48.5. The number of ether oxygens (including phenoxy) is 3. The molecule has 0 saturated carbocycles. The molecule has 0 aliphatic heterocycles. The topological polar surface area (TPSA) is 78.9 Å². The van der Waals surface area contributed by atoms with Crippen LogP contribution in [0.4, 0.5) is 0 Å². The molecule has 0 radical (unpaired) electrons. The number of hydrogen-bond acceptors (Lipinski definition) is 6. The lowest BCUT2D eigenvalue weighted by Crippen LogP contribution is -2.30. The number of esters is 3. The molecule has 0 aliphatic rings. The summed E-state index contributed by atoms with van der Waals surface area (Å²) in [4.78, 5) is 38.3. The van der Waals surface area contributed by atoms with Crippen LogP contribution in [0.3, 0.4) is 0 Å². The van der Waals surface area contributed by atoms with Gasteiger partial charge in [0.25, 0.3) is 0 Å². The first-order valence-electron chi connectivity index (χ1n) is 32.0. The second-order valence-corrected chi connectivity index (χ2v) is 21.7. The second kappa shape index (κ2) is 61.2. The van der Waals surface area contributed by atoms with Crippen LogP contribution in [-0.2, 0) is 28.6 Å². The molecule has 1 unspecified atom stereocenters. The lowest BCUT2D eigenvalue weighted by atomic mass is 10.0. The average Bonchev–Trinajstić information content (AvgIpc) is 3.38. The molecule has 422 valence electrons. The highest BCUT2D eigenvalue weighted by atomic mass is 16.6. The summed E-state index contributed by atoms with van der Waals surface area (Å²) in [7, 11) is 0. The zero-order valence-electron chi connectivity index (χ0n) is 48.5. The molecule has 0 N–H and O–H groups in total. The van der Waals surface area contributed by atoms with E-state index >= 15 is 0 Å². The molecule has 0 aromatic rings. The molecule has 0 fully saturated rings. The van der Waals surface area contributed by atoms with Gasteiger partial charge in [0.2, 0.25) is 0 Å². The lowest BCUT2D eigenvalue weighted by Gasteiger charge is -2.18. The molecule has 0 aromatic heterocycles. The van der Waals surface area contributed by atoms with Crippen molar-refractivity contribution in [3.8, 4) is 0 Å². The van der Waals surface area contributed by atoms with Crippen molar-refractivity contribution in [2.24, 2.45) is 0 Å². The van der Waals surface area contributed by atoms with Gasteiger partial charge in [-0.05, 0) is 77.0 Å². The van der Waals surface area contributed by atoms with Crippen molar-refractivity contribution in [2.75, 3.05) is 13.2 Å². The van der Waals surface area contributed by atoms with Gasteiger partial charge in [0, 0.05) is 19.3 Å². The van der Waals surface area contributed by atoms with Gasteiger partial charge in [0.05, 0.1) is 0 Å². The number of unbranched alkanes of at least 4 members (excludes halogenated alkanes) is 42. The first-order chi connectivity index (χ1) is 35.5. The van der Waals surface area contributed by atoms with E-state index in [1.807, 2.05) is 0 Å². The Bertz CT molecular complexity index is 1210. The van der Waals surface area contributed by atoms with Gasteiger partial charge < -0.3 is 14.2 Å². The summed E-state index contributed by atoms with van der Waals surface area (Å²) in [6.07, 6.45) is 74.3. The van der Waals surface area contributed by atoms with E-state index in [4.69, 9.17) is 14.2 Å².